The third kappa shape index (κ3) is 3.06. The zero-order valence-electron chi connectivity index (χ0n) is 11.6. The third-order valence-corrected chi connectivity index (χ3v) is 3.73. The van der Waals surface area contributed by atoms with E-state index >= 15 is 0 Å². The van der Waals surface area contributed by atoms with Gasteiger partial charge in [0.1, 0.15) is 17.1 Å². The summed E-state index contributed by atoms with van der Waals surface area (Å²) in [5.74, 6) is -0.665. The Bertz CT molecular complexity index is 485. The Kier molecular flexibility index (Phi) is 3.78. The zero-order chi connectivity index (χ0) is 14.0. The molecule has 0 saturated heterocycles. The van der Waals surface area contributed by atoms with Crippen LogP contribution >= 0.6 is 0 Å². The molecule has 1 aromatic carbocycles. The SMILES string of the molecule is COc1cccc(F)c1C(=O)NC1CCC(C)(C)C1. The van der Waals surface area contributed by atoms with Gasteiger partial charge >= 0.3 is 0 Å². The van der Waals surface area contributed by atoms with Gasteiger partial charge in [-0.2, -0.15) is 0 Å². The smallest absolute Gasteiger partial charge is 0.258 e. The van der Waals surface area contributed by atoms with Gasteiger partial charge in [-0.15, -0.1) is 0 Å². The van der Waals surface area contributed by atoms with Gasteiger partial charge in [0.05, 0.1) is 7.11 Å². The van der Waals surface area contributed by atoms with Gasteiger partial charge in [0.15, 0.2) is 0 Å². The van der Waals surface area contributed by atoms with Crippen molar-refractivity contribution in [1.29, 1.82) is 0 Å². The topological polar surface area (TPSA) is 38.3 Å². The second kappa shape index (κ2) is 5.19. The van der Waals surface area contributed by atoms with Crippen LogP contribution < -0.4 is 10.1 Å². The highest BCUT2D eigenvalue weighted by atomic mass is 19.1. The van der Waals surface area contributed by atoms with Crippen molar-refractivity contribution in [2.24, 2.45) is 5.41 Å². The van der Waals surface area contributed by atoms with Crippen molar-refractivity contribution in [1.82, 2.24) is 5.32 Å². The maximum Gasteiger partial charge on any atom is 0.258 e. The first kappa shape index (κ1) is 13.8. The first-order valence-electron chi connectivity index (χ1n) is 6.56. The Labute approximate surface area is 113 Å². The van der Waals surface area contributed by atoms with Crippen LogP contribution in [0, 0.1) is 11.2 Å². The van der Waals surface area contributed by atoms with Crippen molar-refractivity contribution in [3.05, 3.63) is 29.6 Å². The summed E-state index contributed by atoms with van der Waals surface area (Å²) >= 11 is 0. The molecule has 0 aromatic heterocycles. The van der Waals surface area contributed by atoms with E-state index in [4.69, 9.17) is 4.74 Å². The van der Waals surface area contributed by atoms with Gasteiger partial charge in [-0.05, 0) is 36.8 Å². The summed E-state index contributed by atoms with van der Waals surface area (Å²) in [6.07, 6.45) is 2.94. The molecule has 0 radical (unpaired) electrons. The van der Waals surface area contributed by atoms with Gasteiger partial charge in [-0.3, -0.25) is 4.79 Å². The highest BCUT2D eigenvalue weighted by Gasteiger charge is 2.32. The van der Waals surface area contributed by atoms with Crippen LogP contribution in [0.15, 0.2) is 18.2 Å². The zero-order valence-corrected chi connectivity index (χ0v) is 11.6. The summed E-state index contributed by atoms with van der Waals surface area (Å²) in [6.45, 7) is 4.37. The molecule has 19 heavy (non-hydrogen) atoms. The number of ether oxygens (including phenoxy) is 1. The fraction of sp³-hybridized carbons (Fsp3) is 0.533. The molecule has 1 aliphatic carbocycles. The van der Waals surface area contributed by atoms with Crippen LogP contribution in [0.25, 0.3) is 0 Å². The van der Waals surface area contributed by atoms with Gasteiger partial charge < -0.3 is 10.1 Å². The highest BCUT2D eigenvalue weighted by Crippen LogP contribution is 2.37. The third-order valence-electron chi connectivity index (χ3n) is 3.73. The molecular formula is C15H20FNO2. The second-order valence-electron chi connectivity index (χ2n) is 5.89. The van der Waals surface area contributed by atoms with Crippen molar-refractivity contribution in [2.45, 2.75) is 39.2 Å². The first-order chi connectivity index (χ1) is 8.93. The summed E-state index contributed by atoms with van der Waals surface area (Å²) in [7, 11) is 1.43. The summed E-state index contributed by atoms with van der Waals surface area (Å²) in [5, 5.41) is 2.91. The number of benzene rings is 1. The Balaban J connectivity index is 2.13. The Morgan fingerprint density at radius 3 is 2.79 bits per heavy atom. The molecule has 4 heteroatoms. The predicted octanol–water partition coefficient (Wildman–Crippen LogP) is 3.14. The van der Waals surface area contributed by atoms with E-state index in [1.54, 1.807) is 6.07 Å². The molecule has 1 aliphatic rings. The lowest BCUT2D eigenvalue weighted by Gasteiger charge is -2.18. The van der Waals surface area contributed by atoms with Crippen LogP contribution in [0.2, 0.25) is 0 Å². The molecule has 0 spiro atoms. The minimum atomic E-state index is -0.547. The largest absolute Gasteiger partial charge is 0.496 e. The number of methoxy groups -OCH3 is 1. The molecule has 3 nitrogen and oxygen atoms in total. The highest BCUT2D eigenvalue weighted by molar-refractivity contribution is 5.97. The molecule has 0 bridgehead atoms. The van der Waals surface area contributed by atoms with E-state index in [1.807, 2.05) is 0 Å². The van der Waals surface area contributed by atoms with E-state index in [0.29, 0.717) is 0 Å². The number of amides is 1. The fourth-order valence-electron chi connectivity index (χ4n) is 2.71. The number of nitrogens with one attached hydrogen (secondary N) is 1. The average Bonchev–Trinajstić information content (AvgIpc) is 2.67. The minimum absolute atomic E-state index is 0.00490. The predicted molar refractivity (Wildman–Crippen MR) is 71.8 cm³/mol. The second-order valence-corrected chi connectivity index (χ2v) is 5.89. The molecule has 1 saturated carbocycles. The summed E-state index contributed by atoms with van der Waals surface area (Å²) in [4.78, 5) is 12.2. The fourth-order valence-corrected chi connectivity index (χ4v) is 2.71. The Morgan fingerprint density at radius 1 is 1.47 bits per heavy atom. The molecule has 1 unspecified atom stereocenters. The molecule has 1 N–H and O–H groups in total. The summed E-state index contributed by atoms with van der Waals surface area (Å²) in [6, 6.07) is 4.52. The maximum absolute atomic E-state index is 13.8. The monoisotopic (exact) mass is 265 g/mol. The number of hydrogen-bond donors (Lipinski definition) is 1. The molecule has 0 heterocycles. The van der Waals surface area contributed by atoms with Crippen LogP contribution in [0.3, 0.4) is 0 Å². The maximum atomic E-state index is 13.8. The molecule has 1 atom stereocenters. The van der Waals surface area contributed by atoms with Gasteiger partial charge in [0.2, 0.25) is 0 Å². The van der Waals surface area contributed by atoms with Crippen molar-refractivity contribution in [2.75, 3.05) is 7.11 Å². The molecule has 0 aliphatic heterocycles. The number of carbonyl (C=O) groups excluding carboxylic acids is 1. The number of hydrogen-bond acceptors (Lipinski definition) is 2. The van der Waals surface area contributed by atoms with Gasteiger partial charge in [-0.25, -0.2) is 4.39 Å². The van der Waals surface area contributed by atoms with Crippen LogP contribution in [0.4, 0.5) is 4.39 Å². The minimum Gasteiger partial charge on any atom is -0.496 e. The van der Waals surface area contributed by atoms with Crippen molar-refractivity contribution in [3.8, 4) is 5.75 Å². The van der Waals surface area contributed by atoms with E-state index in [0.717, 1.165) is 19.3 Å². The average molecular weight is 265 g/mol. The summed E-state index contributed by atoms with van der Waals surface area (Å²) in [5.41, 5.74) is 0.242. The molecule has 1 amide bonds. The quantitative estimate of drug-likeness (QED) is 0.911. The lowest BCUT2D eigenvalue weighted by atomic mass is 9.92. The number of rotatable bonds is 3. The number of halogens is 1. The Morgan fingerprint density at radius 2 is 2.21 bits per heavy atom. The lowest BCUT2D eigenvalue weighted by Crippen LogP contribution is -2.34. The summed E-state index contributed by atoms with van der Waals surface area (Å²) < 4.78 is 18.8. The Hall–Kier alpha value is -1.58. The normalized spacial score (nSPS) is 21.2. The van der Waals surface area contributed by atoms with Crippen LogP contribution in [0.1, 0.15) is 43.5 Å². The van der Waals surface area contributed by atoms with Crippen molar-refractivity contribution >= 4 is 5.91 Å². The standard InChI is InChI=1S/C15H20FNO2/c1-15(2)8-7-10(9-15)17-14(18)13-11(16)5-4-6-12(13)19-3/h4-6,10H,7-9H2,1-3H3,(H,17,18). The van der Waals surface area contributed by atoms with Crippen LogP contribution in [0.5, 0.6) is 5.75 Å². The molecule has 1 fully saturated rings. The van der Waals surface area contributed by atoms with Gasteiger partial charge in [0.25, 0.3) is 5.91 Å². The van der Waals surface area contributed by atoms with Crippen LogP contribution in [-0.2, 0) is 0 Å². The van der Waals surface area contributed by atoms with Crippen molar-refractivity contribution < 1.29 is 13.9 Å². The van der Waals surface area contributed by atoms with E-state index in [1.165, 1.54) is 19.2 Å². The van der Waals surface area contributed by atoms with E-state index in [9.17, 15) is 9.18 Å². The lowest BCUT2D eigenvalue weighted by molar-refractivity contribution is 0.0928. The molecule has 1 aromatic rings. The van der Waals surface area contributed by atoms with Crippen LogP contribution in [-0.4, -0.2) is 19.1 Å². The number of carbonyl (C=O) groups is 1. The van der Waals surface area contributed by atoms with Gasteiger partial charge in [0, 0.05) is 6.04 Å². The first-order valence-corrected chi connectivity index (χ1v) is 6.56. The molecule has 2 rings (SSSR count). The van der Waals surface area contributed by atoms with E-state index in [-0.39, 0.29) is 22.8 Å². The molecule has 104 valence electrons. The van der Waals surface area contributed by atoms with E-state index < -0.39 is 11.7 Å². The van der Waals surface area contributed by atoms with E-state index in [2.05, 4.69) is 19.2 Å². The van der Waals surface area contributed by atoms with Crippen molar-refractivity contribution in [3.63, 3.8) is 0 Å². The van der Waals surface area contributed by atoms with Gasteiger partial charge in [-0.1, -0.05) is 19.9 Å². The molecular weight excluding hydrogens is 245 g/mol.